The summed E-state index contributed by atoms with van der Waals surface area (Å²) in [4.78, 5) is 0. The number of nitriles is 1. The van der Waals surface area contributed by atoms with Gasteiger partial charge in [-0.25, -0.2) is 4.39 Å². The molecular weight excluding hydrogens is 233 g/mol. The lowest BCUT2D eigenvalue weighted by atomic mass is 10.0. The van der Waals surface area contributed by atoms with Crippen molar-refractivity contribution in [2.45, 2.75) is 12.5 Å². The molecule has 0 heterocycles. The van der Waals surface area contributed by atoms with Crippen molar-refractivity contribution in [2.75, 3.05) is 6.54 Å². The largest absolute Gasteiger partial charge is 0.506 e. The Morgan fingerprint density at radius 1 is 1.50 bits per heavy atom. The Balaban J connectivity index is 0.00000225. The van der Waals surface area contributed by atoms with Crippen molar-refractivity contribution in [3.8, 4) is 11.8 Å². The van der Waals surface area contributed by atoms with Gasteiger partial charge in [0.15, 0.2) is 0 Å². The summed E-state index contributed by atoms with van der Waals surface area (Å²) in [6.45, 7) is 0.361. The van der Waals surface area contributed by atoms with Gasteiger partial charge in [0.1, 0.15) is 23.2 Å². The molecule has 0 saturated carbocycles. The van der Waals surface area contributed by atoms with E-state index in [9.17, 15) is 9.50 Å². The summed E-state index contributed by atoms with van der Waals surface area (Å²) in [5.74, 6) is -1.14. The Morgan fingerprint density at radius 3 is 2.62 bits per heavy atom. The number of halogens is 2. The molecule has 0 unspecified atom stereocenters. The highest BCUT2D eigenvalue weighted by Crippen LogP contribution is 2.29. The third-order valence-corrected chi connectivity index (χ3v) is 2.15. The number of benzene rings is 1. The second-order valence-electron chi connectivity index (χ2n) is 3.16. The van der Waals surface area contributed by atoms with Gasteiger partial charge in [0, 0.05) is 11.6 Å². The van der Waals surface area contributed by atoms with Crippen molar-refractivity contribution in [2.24, 2.45) is 11.5 Å². The van der Waals surface area contributed by atoms with Crippen LogP contribution >= 0.6 is 12.4 Å². The number of hydrogen-bond acceptors (Lipinski definition) is 4. The molecule has 1 rings (SSSR count). The van der Waals surface area contributed by atoms with Crippen LogP contribution in [0.4, 0.5) is 4.39 Å². The molecule has 0 saturated heterocycles. The van der Waals surface area contributed by atoms with Gasteiger partial charge < -0.3 is 16.6 Å². The number of nitrogens with two attached hydrogens (primary N) is 2. The van der Waals surface area contributed by atoms with Crippen LogP contribution in [0.15, 0.2) is 12.1 Å². The Kier molecular flexibility index (Phi) is 5.75. The molecule has 0 bridgehead atoms. The first-order chi connectivity index (χ1) is 7.11. The zero-order valence-corrected chi connectivity index (χ0v) is 9.30. The molecule has 6 heteroatoms. The first-order valence-electron chi connectivity index (χ1n) is 4.49. The number of hydrogen-bond donors (Lipinski definition) is 3. The van der Waals surface area contributed by atoms with Crippen molar-refractivity contribution >= 4 is 12.4 Å². The number of phenols is 1. The Labute approximate surface area is 99.1 Å². The molecule has 0 spiro atoms. The Bertz CT molecular complexity index is 406. The Morgan fingerprint density at radius 2 is 2.12 bits per heavy atom. The van der Waals surface area contributed by atoms with Crippen LogP contribution in [0.3, 0.4) is 0 Å². The molecule has 0 aliphatic rings. The van der Waals surface area contributed by atoms with Crippen molar-refractivity contribution in [3.63, 3.8) is 0 Å². The molecule has 0 aliphatic heterocycles. The third-order valence-electron chi connectivity index (χ3n) is 2.15. The smallest absolute Gasteiger partial charge is 0.144 e. The van der Waals surface area contributed by atoms with Crippen LogP contribution < -0.4 is 11.5 Å². The number of nitrogens with zero attached hydrogens (tertiary/aromatic N) is 1. The molecule has 88 valence electrons. The maximum absolute atomic E-state index is 13.0. The van der Waals surface area contributed by atoms with E-state index in [0.29, 0.717) is 18.5 Å². The van der Waals surface area contributed by atoms with Crippen LogP contribution in [0.2, 0.25) is 0 Å². The fraction of sp³-hybridized carbons (Fsp3) is 0.300. The van der Waals surface area contributed by atoms with Crippen molar-refractivity contribution < 1.29 is 9.50 Å². The van der Waals surface area contributed by atoms with E-state index in [-0.39, 0.29) is 18.0 Å². The minimum Gasteiger partial charge on any atom is -0.506 e. The predicted molar refractivity (Wildman–Crippen MR) is 60.6 cm³/mol. The van der Waals surface area contributed by atoms with E-state index in [1.54, 1.807) is 6.07 Å². The van der Waals surface area contributed by atoms with Crippen molar-refractivity contribution in [1.82, 2.24) is 0 Å². The van der Waals surface area contributed by atoms with Gasteiger partial charge >= 0.3 is 0 Å². The molecule has 16 heavy (non-hydrogen) atoms. The van der Waals surface area contributed by atoms with Crippen LogP contribution in [0.25, 0.3) is 0 Å². The standard InChI is InChI=1S/C10H12FN3O.ClH/c11-8-2-1-6(9(14)3-4-12)10(15)7(8)5-13;/h1-2,9,15H,3-4,12,14H2;1H/t9-;/m1./s1. The minimum atomic E-state index is -0.751. The first-order valence-corrected chi connectivity index (χ1v) is 4.49. The highest BCUT2D eigenvalue weighted by molar-refractivity contribution is 5.85. The minimum absolute atomic E-state index is 0. The quantitative estimate of drug-likeness (QED) is 0.745. The SMILES string of the molecule is Cl.N#Cc1c(F)ccc([C@H](N)CCN)c1O. The molecule has 0 aromatic heterocycles. The zero-order chi connectivity index (χ0) is 11.4. The molecule has 0 fully saturated rings. The van der Waals surface area contributed by atoms with Crippen LogP contribution in [0, 0.1) is 17.1 Å². The molecule has 0 amide bonds. The maximum Gasteiger partial charge on any atom is 0.144 e. The summed E-state index contributed by atoms with van der Waals surface area (Å²) in [5, 5.41) is 18.2. The van der Waals surface area contributed by atoms with E-state index >= 15 is 0 Å². The summed E-state index contributed by atoms with van der Waals surface area (Å²) < 4.78 is 13.0. The summed E-state index contributed by atoms with van der Waals surface area (Å²) in [6, 6.07) is 3.59. The van der Waals surface area contributed by atoms with E-state index in [1.165, 1.54) is 6.07 Å². The van der Waals surface area contributed by atoms with Crippen LogP contribution in [0.1, 0.15) is 23.6 Å². The zero-order valence-electron chi connectivity index (χ0n) is 8.48. The lowest BCUT2D eigenvalue weighted by molar-refractivity contribution is 0.450. The third kappa shape index (κ3) is 2.83. The van der Waals surface area contributed by atoms with E-state index < -0.39 is 17.6 Å². The first kappa shape index (κ1) is 14.6. The Hall–Kier alpha value is -1.35. The second kappa shape index (κ2) is 6.28. The van der Waals surface area contributed by atoms with Crippen LogP contribution in [0.5, 0.6) is 5.75 Å². The average molecular weight is 246 g/mol. The second-order valence-corrected chi connectivity index (χ2v) is 3.16. The fourth-order valence-corrected chi connectivity index (χ4v) is 1.32. The van der Waals surface area contributed by atoms with E-state index in [2.05, 4.69) is 0 Å². The summed E-state index contributed by atoms with van der Waals surface area (Å²) in [6.07, 6.45) is 0.462. The molecule has 1 aromatic carbocycles. The summed E-state index contributed by atoms with van der Waals surface area (Å²) in [7, 11) is 0. The van der Waals surface area contributed by atoms with Gasteiger partial charge in [-0.2, -0.15) is 5.26 Å². The summed E-state index contributed by atoms with van der Waals surface area (Å²) in [5.41, 5.74) is 11.0. The lowest BCUT2D eigenvalue weighted by Gasteiger charge is -2.13. The van der Waals surface area contributed by atoms with Crippen LogP contribution in [-0.2, 0) is 0 Å². The fourth-order valence-electron chi connectivity index (χ4n) is 1.32. The topological polar surface area (TPSA) is 96.1 Å². The van der Waals surface area contributed by atoms with E-state index in [4.69, 9.17) is 16.7 Å². The molecule has 1 aromatic rings. The van der Waals surface area contributed by atoms with Gasteiger partial charge in [-0.1, -0.05) is 6.07 Å². The number of phenolic OH excluding ortho intramolecular Hbond substituents is 1. The molecule has 5 N–H and O–H groups in total. The normalized spacial score (nSPS) is 11.4. The highest BCUT2D eigenvalue weighted by atomic mass is 35.5. The molecule has 1 atom stereocenters. The van der Waals surface area contributed by atoms with Gasteiger partial charge in [-0.3, -0.25) is 0 Å². The lowest BCUT2D eigenvalue weighted by Crippen LogP contribution is -2.15. The summed E-state index contributed by atoms with van der Waals surface area (Å²) >= 11 is 0. The van der Waals surface area contributed by atoms with Gasteiger partial charge in [-0.05, 0) is 19.0 Å². The van der Waals surface area contributed by atoms with Crippen LogP contribution in [-0.4, -0.2) is 11.7 Å². The molecule has 0 radical (unpaired) electrons. The average Bonchev–Trinajstić information content (AvgIpc) is 2.18. The highest BCUT2D eigenvalue weighted by Gasteiger charge is 2.16. The molecular formula is C10H13ClFN3O. The number of aromatic hydroxyl groups is 1. The van der Waals surface area contributed by atoms with Crippen molar-refractivity contribution in [1.29, 1.82) is 5.26 Å². The number of rotatable bonds is 3. The van der Waals surface area contributed by atoms with Gasteiger partial charge in [0.05, 0.1) is 0 Å². The van der Waals surface area contributed by atoms with Gasteiger partial charge in [0.25, 0.3) is 0 Å². The molecule has 0 aliphatic carbocycles. The maximum atomic E-state index is 13.0. The van der Waals surface area contributed by atoms with E-state index in [0.717, 1.165) is 6.07 Å². The van der Waals surface area contributed by atoms with Gasteiger partial charge in [-0.15, -0.1) is 12.4 Å². The van der Waals surface area contributed by atoms with E-state index in [1.807, 2.05) is 0 Å². The molecule has 4 nitrogen and oxygen atoms in total. The van der Waals surface area contributed by atoms with Gasteiger partial charge in [0.2, 0.25) is 0 Å². The predicted octanol–water partition coefficient (Wildman–Crippen LogP) is 1.17. The monoisotopic (exact) mass is 245 g/mol. The van der Waals surface area contributed by atoms with Crippen molar-refractivity contribution in [3.05, 3.63) is 29.1 Å².